The summed E-state index contributed by atoms with van der Waals surface area (Å²) < 4.78 is 14.8. The third kappa shape index (κ3) is 4.55. The number of nitrogens with zero attached hydrogens (tertiary/aromatic N) is 2. The Balaban J connectivity index is 2.66. The zero-order valence-corrected chi connectivity index (χ0v) is 11.9. The summed E-state index contributed by atoms with van der Waals surface area (Å²) in [6.07, 6.45) is 0.556. The molecule has 106 valence electrons. The summed E-state index contributed by atoms with van der Waals surface area (Å²) in [6.45, 7) is 5.80. The number of aromatic nitrogens is 2. The van der Waals surface area contributed by atoms with Gasteiger partial charge >= 0.3 is 17.8 Å². The van der Waals surface area contributed by atoms with E-state index >= 15 is 0 Å². The van der Waals surface area contributed by atoms with E-state index in [0.717, 1.165) is 11.8 Å². The largest absolute Gasteiger partial charge is 0.465 e. The average molecular weight is 288 g/mol. The van der Waals surface area contributed by atoms with Gasteiger partial charge < -0.3 is 13.9 Å². The van der Waals surface area contributed by atoms with Gasteiger partial charge in [-0.1, -0.05) is 23.8 Å². The smallest absolute Gasteiger partial charge is 0.396 e. The van der Waals surface area contributed by atoms with E-state index in [2.05, 4.69) is 10.2 Å². The van der Waals surface area contributed by atoms with Crippen molar-refractivity contribution < 1.29 is 23.5 Å². The van der Waals surface area contributed by atoms with E-state index in [9.17, 15) is 9.59 Å². The Morgan fingerprint density at radius 2 is 1.89 bits per heavy atom. The number of rotatable bonds is 7. The quantitative estimate of drug-likeness (QED) is 0.553. The van der Waals surface area contributed by atoms with Crippen LogP contribution in [0.4, 0.5) is 0 Å². The van der Waals surface area contributed by atoms with E-state index in [-0.39, 0.29) is 23.7 Å². The van der Waals surface area contributed by atoms with Gasteiger partial charge in [-0.05, 0) is 20.3 Å². The Kier molecular flexibility index (Phi) is 6.34. The van der Waals surface area contributed by atoms with Gasteiger partial charge in [0.2, 0.25) is 0 Å². The highest BCUT2D eigenvalue weighted by atomic mass is 32.2. The van der Waals surface area contributed by atoms with Crippen molar-refractivity contribution in [1.29, 1.82) is 0 Å². The number of ether oxygens (including phenoxy) is 2. The molecule has 1 atom stereocenters. The van der Waals surface area contributed by atoms with Gasteiger partial charge in [-0.15, -0.1) is 5.10 Å². The van der Waals surface area contributed by atoms with E-state index in [4.69, 9.17) is 13.9 Å². The first-order valence-corrected chi connectivity index (χ1v) is 6.84. The maximum Gasteiger partial charge on any atom is 0.396 e. The highest BCUT2D eigenvalue weighted by Crippen LogP contribution is 2.25. The molecule has 0 aliphatic rings. The summed E-state index contributed by atoms with van der Waals surface area (Å²) in [5.41, 5.74) is 0. The molecule has 0 amide bonds. The average Bonchev–Trinajstić information content (AvgIpc) is 2.85. The zero-order valence-electron chi connectivity index (χ0n) is 11.0. The molecule has 0 aromatic carbocycles. The lowest BCUT2D eigenvalue weighted by atomic mass is 10.3. The van der Waals surface area contributed by atoms with E-state index in [1.165, 1.54) is 0 Å². The molecule has 0 aliphatic carbocycles. The SMILES string of the molecule is CCOC(=O)c1nnc(SC(CC)C(=O)OCC)o1. The molecule has 0 bridgehead atoms. The van der Waals surface area contributed by atoms with Crippen LogP contribution in [0.25, 0.3) is 0 Å². The van der Waals surface area contributed by atoms with E-state index < -0.39 is 11.2 Å². The summed E-state index contributed by atoms with van der Waals surface area (Å²) in [5.74, 6) is -1.24. The molecule has 7 nitrogen and oxygen atoms in total. The zero-order chi connectivity index (χ0) is 14.3. The maximum atomic E-state index is 11.6. The lowest BCUT2D eigenvalue weighted by Gasteiger charge is -2.09. The minimum Gasteiger partial charge on any atom is -0.465 e. The number of carbonyl (C=O) groups excluding carboxylic acids is 2. The van der Waals surface area contributed by atoms with Gasteiger partial charge in [-0.2, -0.15) is 0 Å². The van der Waals surface area contributed by atoms with Gasteiger partial charge in [0.25, 0.3) is 5.22 Å². The molecule has 0 N–H and O–H groups in total. The fraction of sp³-hybridized carbons (Fsp3) is 0.636. The minimum absolute atomic E-state index is 0.142. The lowest BCUT2D eigenvalue weighted by molar-refractivity contribution is -0.142. The van der Waals surface area contributed by atoms with Gasteiger partial charge in [-0.25, -0.2) is 4.79 Å². The molecular weight excluding hydrogens is 272 g/mol. The Morgan fingerprint density at radius 1 is 1.21 bits per heavy atom. The molecule has 1 unspecified atom stereocenters. The van der Waals surface area contributed by atoms with Crippen LogP contribution in [0.1, 0.15) is 37.9 Å². The Hall–Kier alpha value is -1.57. The number of hydrogen-bond acceptors (Lipinski definition) is 8. The first kappa shape index (κ1) is 15.5. The molecule has 19 heavy (non-hydrogen) atoms. The van der Waals surface area contributed by atoms with Crippen LogP contribution in [0.3, 0.4) is 0 Å². The second-order valence-electron chi connectivity index (χ2n) is 3.36. The Bertz CT molecular complexity index is 434. The predicted octanol–water partition coefficient (Wildman–Crippen LogP) is 1.68. The van der Waals surface area contributed by atoms with Gasteiger partial charge in [0.15, 0.2) is 0 Å². The van der Waals surface area contributed by atoms with Crippen LogP contribution < -0.4 is 0 Å². The fourth-order valence-corrected chi connectivity index (χ4v) is 1.98. The van der Waals surface area contributed by atoms with Crippen LogP contribution in [0.15, 0.2) is 9.64 Å². The van der Waals surface area contributed by atoms with Crippen molar-refractivity contribution in [2.24, 2.45) is 0 Å². The van der Waals surface area contributed by atoms with E-state index in [1.807, 2.05) is 6.92 Å². The van der Waals surface area contributed by atoms with Gasteiger partial charge in [0, 0.05) is 0 Å². The molecule has 8 heteroatoms. The van der Waals surface area contributed by atoms with Crippen molar-refractivity contribution >= 4 is 23.7 Å². The highest BCUT2D eigenvalue weighted by Gasteiger charge is 2.24. The number of hydrogen-bond donors (Lipinski definition) is 0. The third-order valence-electron chi connectivity index (χ3n) is 2.02. The molecule has 0 spiro atoms. The Morgan fingerprint density at radius 3 is 2.47 bits per heavy atom. The summed E-state index contributed by atoms with van der Waals surface area (Å²) in [4.78, 5) is 22.9. The van der Waals surface area contributed by atoms with Gasteiger partial charge in [0.1, 0.15) is 5.25 Å². The van der Waals surface area contributed by atoms with Crippen molar-refractivity contribution in [3.05, 3.63) is 5.89 Å². The number of carbonyl (C=O) groups is 2. The van der Waals surface area contributed by atoms with Crippen LogP contribution in [-0.2, 0) is 14.3 Å². The summed E-state index contributed by atoms with van der Waals surface area (Å²) >= 11 is 1.07. The van der Waals surface area contributed by atoms with Crippen molar-refractivity contribution in [3.63, 3.8) is 0 Å². The molecule has 0 fully saturated rings. The molecular formula is C11H16N2O5S. The fourth-order valence-electron chi connectivity index (χ4n) is 1.19. The normalized spacial score (nSPS) is 11.9. The summed E-state index contributed by atoms with van der Waals surface area (Å²) in [7, 11) is 0. The minimum atomic E-state index is -0.675. The third-order valence-corrected chi connectivity index (χ3v) is 3.20. The van der Waals surface area contributed by atoms with Crippen molar-refractivity contribution in [2.75, 3.05) is 13.2 Å². The number of thioether (sulfide) groups is 1. The molecule has 1 heterocycles. The molecule has 1 rings (SSSR count). The van der Waals surface area contributed by atoms with Gasteiger partial charge in [-0.3, -0.25) is 4.79 Å². The van der Waals surface area contributed by atoms with Crippen LogP contribution in [-0.4, -0.2) is 40.6 Å². The second kappa shape index (κ2) is 7.78. The monoisotopic (exact) mass is 288 g/mol. The molecule has 0 saturated heterocycles. The standard InChI is InChI=1S/C11H16N2O5S/c1-4-7(9(14)16-5-2)19-11-13-12-8(18-11)10(15)17-6-3/h7H,4-6H2,1-3H3. The van der Waals surface area contributed by atoms with E-state index in [0.29, 0.717) is 13.0 Å². The summed E-state index contributed by atoms with van der Waals surface area (Å²) in [5, 5.41) is 6.96. The van der Waals surface area contributed by atoms with Crippen LogP contribution >= 0.6 is 11.8 Å². The lowest BCUT2D eigenvalue weighted by Crippen LogP contribution is -2.19. The van der Waals surface area contributed by atoms with Crippen LogP contribution in [0.2, 0.25) is 0 Å². The number of esters is 2. The van der Waals surface area contributed by atoms with Crippen molar-refractivity contribution in [1.82, 2.24) is 10.2 Å². The van der Waals surface area contributed by atoms with Crippen LogP contribution in [0.5, 0.6) is 0 Å². The molecule has 1 aromatic heterocycles. The first-order chi connectivity index (χ1) is 9.12. The summed E-state index contributed by atoms with van der Waals surface area (Å²) in [6, 6.07) is 0. The van der Waals surface area contributed by atoms with Crippen LogP contribution in [0, 0.1) is 0 Å². The first-order valence-electron chi connectivity index (χ1n) is 5.96. The van der Waals surface area contributed by atoms with Gasteiger partial charge in [0.05, 0.1) is 13.2 Å². The predicted molar refractivity (Wildman–Crippen MR) is 66.8 cm³/mol. The Labute approximate surface area is 115 Å². The van der Waals surface area contributed by atoms with Crippen molar-refractivity contribution in [3.8, 4) is 0 Å². The second-order valence-corrected chi connectivity index (χ2v) is 4.51. The van der Waals surface area contributed by atoms with E-state index in [1.54, 1.807) is 13.8 Å². The topological polar surface area (TPSA) is 91.5 Å². The molecule has 0 radical (unpaired) electrons. The van der Waals surface area contributed by atoms with Crippen molar-refractivity contribution in [2.45, 2.75) is 37.7 Å². The molecule has 0 aliphatic heterocycles. The molecule has 1 aromatic rings. The molecule has 0 saturated carbocycles. The highest BCUT2D eigenvalue weighted by molar-refractivity contribution is 8.00. The maximum absolute atomic E-state index is 11.6.